The summed E-state index contributed by atoms with van der Waals surface area (Å²) >= 11 is 5.82. The third kappa shape index (κ3) is 2.77. The van der Waals surface area contributed by atoms with Crippen molar-refractivity contribution in [3.8, 4) is 17.1 Å². The maximum Gasteiger partial charge on any atom is 0.255 e. The summed E-state index contributed by atoms with van der Waals surface area (Å²) in [6.45, 7) is 0. The Labute approximate surface area is 130 Å². The molecule has 110 valence electrons. The Kier molecular flexibility index (Phi) is 3.76. The summed E-state index contributed by atoms with van der Waals surface area (Å²) in [5, 5.41) is 19.1. The summed E-state index contributed by atoms with van der Waals surface area (Å²) < 4.78 is 0. The number of benzene rings is 2. The van der Waals surface area contributed by atoms with Crippen molar-refractivity contribution in [1.82, 2.24) is 15.2 Å². The molecule has 7 heteroatoms. The Balaban J connectivity index is 1.87. The molecule has 3 rings (SSSR count). The number of anilines is 1. The number of amides is 1. The summed E-state index contributed by atoms with van der Waals surface area (Å²) in [5.74, 6) is 0.0445. The number of rotatable bonds is 3. The lowest BCUT2D eigenvalue weighted by molar-refractivity contribution is 0.102. The molecule has 0 bridgehead atoms. The molecular formula is C15H11ClN4O2. The van der Waals surface area contributed by atoms with Crippen LogP contribution < -0.4 is 5.32 Å². The molecule has 0 saturated carbocycles. The minimum atomic E-state index is -0.362. The summed E-state index contributed by atoms with van der Waals surface area (Å²) in [6.07, 6.45) is 1.39. The van der Waals surface area contributed by atoms with Crippen LogP contribution in [0.1, 0.15) is 10.4 Å². The SMILES string of the molecule is O=C(Nc1cccc(Cl)c1O)c1cccc(-c2ncn[nH]2)c1. The molecule has 1 aromatic heterocycles. The summed E-state index contributed by atoms with van der Waals surface area (Å²) in [5.41, 5.74) is 1.41. The maximum absolute atomic E-state index is 12.3. The van der Waals surface area contributed by atoms with Crippen LogP contribution in [0.2, 0.25) is 5.02 Å². The normalized spacial score (nSPS) is 10.4. The Morgan fingerprint density at radius 1 is 1.23 bits per heavy atom. The molecule has 3 aromatic rings. The van der Waals surface area contributed by atoms with Crippen LogP contribution in [0.15, 0.2) is 48.8 Å². The fourth-order valence-electron chi connectivity index (χ4n) is 1.96. The van der Waals surface area contributed by atoms with Crippen molar-refractivity contribution in [1.29, 1.82) is 0 Å². The van der Waals surface area contributed by atoms with Crippen LogP contribution in [-0.2, 0) is 0 Å². The number of aromatic amines is 1. The number of hydrogen-bond acceptors (Lipinski definition) is 4. The van der Waals surface area contributed by atoms with Gasteiger partial charge in [0.1, 0.15) is 6.33 Å². The molecule has 0 atom stereocenters. The number of nitrogens with one attached hydrogen (secondary N) is 2. The zero-order chi connectivity index (χ0) is 15.5. The third-order valence-electron chi connectivity index (χ3n) is 3.05. The molecule has 0 aliphatic heterocycles. The van der Waals surface area contributed by atoms with Crippen LogP contribution in [0.3, 0.4) is 0 Å². The Bertz CT molecular complexity index is 818. The van der Waals surface area contributed by atoms with Crippen LogP contribution >= 0.6 is 11.6 Å². The molecule has 6 nitrogen and oxygen atoms in total. The lowest BCUT2D eigenvalue weighted by atomic mass is 10.1. The predicted molar refractivity (Wildman–Crippen MR) is 82.9 cm³/mol. The first-order valence-corrected chi connectivity index (χ1v) is 6.77. The highest BCUT2D eigenvalue weighted by atomic mass is 35.5. The van der Waals surface area contributed by atoms with E-state index in [2.05, 4.69) is 20.5 Å². The van der Waals surface area contributed by atoms with E-state index < -0.39 is 0 Å². The van der Waals surface area contributed by atoms with Gasteiger partial charge < -0.3 is 10.4 Å². The molecule has 1 heterocycles. The van der Waals surface area contributed by atoms with Gasteiger partial charge in [-0.2, -0.15) is 5.10 Å². The lowest BCUT2D eigenvalue weighted by Crippen LogP contribution is -2.12. The summed E-state index contributed by atoms with van der Waals surface area (Å²) in [7, 11) is 0. The zero-order valence-electron chi connectivity index (χ0n) is 11.2. The quantitative estimate of drug-likeness (QED) is 0.648. The van der Waals surface area contributed by atoms with Gasteiger partial charge in [-0.3, -0.25) is 9.89 Å². The number of hydrogen-bond donors (Lipinski definition) is 3. The highest BCUT2D eigenvalue weighted by Gasteiger charge is 2.12. The maximum atomic E-state index is 12.3. The average molecular weight is 315 g/mol. The highest BCUT2D eigenvalue weighted by molar-refractivity contribution is 6.32. The van der Waals surface area contributed by atoms with Gasteiger partial charge in [-0.15, -0.1) is 0 Å². The van der Waals surface area contributed by atoms with E-state index in [1.807, 2.05) is 6.07 Å². The van der Waals surface area contributed by atoms with Gasteiger partial charge in [0.25, 0.3) is 5.91 Å². The van der Waals surface area contributed by atoms with Crippen molar-refractivity contribution < 1.29 is 9.90 Å². The van der Waals surface area contributed by atoms with E-state index in [9.17, 15) is 9.90 Å². The van der Waals surface area contributed by atoms with E-state index in [0.29, 0.717) is 11.4 Å². The average Bonchev–Trinajstić information content (AvgIpc) is 3.06. The fraction of sp³-hybridized carbons (Fsp3) is 0. The molecule has 2 aromatic carbocycles. The fourth-order valence-corrected chi connectivity index (χ4v) is 2.14. The Hall–Kier alpha value is -2.86. The molecule has 0 radical (unpaired) electrons. The van der Waals surface area contributed by atoms with Crippen molar-refractivity contribution >= 4 is 23.2 Å². The number of aromatic hydroxyl groups is 1. The first-order valence-electron chi connectivity index (χ1n) is 6.40. The van der Waals surface area contributed by atoms with Gasteiger partial charge >= 0.3 is 0 Å². The monoisotopic (exact) mass is 314 g/mol. The van der Waals surface area contributed by atoms with Gasteiger partial charge in [-0.25, -0.2) is 4.98 Å². The largest absolute Gasteiger partial charge is 0.504 e. The number of halogens is 1. The van der Waals surface area contributed by atoms with Crippen molar-refractivity contribution in [3.05, 3.63) is 59.4 Å². The van der Waals surface area contributed by atoms with E-state index >= 15 is 0 Å². The van der Waals surface area contributed by atoms with E-state index in [1.165, 1.54) is 12.4 Å². The van der Waals surface area contributed by atoms with Gasteiger partial charge in [-0.05, 0) is 24.3 Å². The van der Waals surface area contributed by atoms with Crippen LogP contribution in [0.5, 0.6) is 5.75 Å². The minimum Gasteiger partial charge on any atom is -0.504 e. The van der Waals surface area contributed by atoms with Crippen molar-refractivity contribution in [3.63, 3.8) is 0 Å². The number of aromatic nitrogens is 3. The van der Waals surface area contributed by atoms with Crippen LogP contribution in [0, 0.1) is 0 Å². The van der Waals surface area contributed by atoms with Crippen LogP contribution in [-0.4, -0.2) is 26.2 Å². The molecule has 0 saturated heterocycles. The second kappa shape index (κ2) is 5.87. The third-order valence-corrected chi connectivity index (χ3v) is 3.35. The number of para-hydroxylation sites is 1. The molecule has 0 unspecified atom stereocenters. The molecule has 0 spiro atoms. The van der Waals surface area contributed by atoms with Crippen molar-refractivity contribution in [2.24, 2.45) is 0 Å². The van der Waals surface area contributed by atoms with E-state index in [0.717, 1.165) is 5.56 Å². The number of carbonyl (C=O) groups is 1. The lowest BCUT2D eigenvalue weighted by Gasteiger charge is -2.08. The van der Waals surface area contributed by atoms with E-state index in [-0.39, 0.29) is 22.4 Å². The predicted octanol–water partition coefficient (Wildman–Crippen LogP) is 3.08. The molecule has 0 aliphatic carbocycles. The number of H-pyrrole nitrogens is 1. The van der Waals surface area contributed by atoms with E-state index in [4.69, 9.17) is 11.6 Å². The van der Waals surface area contributed by atoms with Crippen LogP contribution in [0.25, 0.3) is 11.4 Å². The molecule has 1 amide bonds. The first kappa shape index (κ1) is 14.1. The number of nitrogens with zero attached hydrogens (tertiary/aromatic N) is 2. The van der Waals surface area contributed by atoms with Gasteiger partial charge in [0.05, 0.1) is 10.7 Å². The van der Waals surface area contributed by atoms with Crippen LogP contribution in [0.4, 0.5) is 5.69 Å². The molecule has 0 aliphatic rings. The second-order valence-corrected chi connectivity index (χ2v) is 4.91. The highest BCUT2D eigenvalue weighted by Crippen LogP contribution is 2.31. The van der Waals surface area contributed by atoms with Gasteiger partial charge in [-0.1, -0.05) is 29.8 Å². The Morgan fingerprint density at radius 3 is 2.82 bits per heavy atom. The molecule has 0 fully saturated rings. The standard InChI is InChI=1S/C15H11ClN4O2/c16-11-5-2-6-12(13(11)21)19-15(22)10-4-1-3-9(7-10)14-17-8-18-20-14/h1-8,21H,(H,19,22)(H,17,18,20). The summed E-state index contributed by atoms with van der Waals surface area (Å²) in [6, 6.07) is 11.6. The molecule has 22 heavy (non-hydrogen) atoms. The number of phenols is 1. The zero-order valence-corrected chi connectivity index (χ0v) is 12.0. The van der Waals surface area contributed by atoms with Gasteiger partial charge in [0, 0.05) is 11.1 Å². The van der Waals surface area contributed by atoms with E-state index in [1.54, 1.807) is 30.3 Å². The number of phenolic OH excluding ortho intramolecular Hbond substituents is 1. The second-order valence-electron chi connectivity index (χ2n) is 4.51. The topological polar surface area (TPSA) is 90.9 Å². The minimum absolute atomic E-state index is 0.163. The summed E-state index contributed by atoms with van der Waals surface area (Å²) in [4.78, 5) is 16.3. The molecule has 3 N–H and O–H groups in total. The first-order chi connectivity index (χ1) is 10.6. The van der Waals surface area contributed by atoms with Crippen molar-refractivity contribution in [2.45, 2.75) is 0 Å². The number of carbonyl (C=O) groups excluding carboxylic acids is 1. The van der Waals surface area contributed by atoms with Gasteiger partial charge in [0.2, 0.25) is 0 Å². The smallest absolute Gasteiger partial charge is 0.255 e. The molecular weight excluding hydrogens is 304 g/mol. The van der Waals surface area contributed by atoms with Gasteiger partial charge in [0.15, 0.2) is 11.6 Å². The van der Waals surface area contributed by atoms with Crippen molar-refractivity contribution in [2.75, 3.05) is 5.32 Å². The Morgan fingerprint density at radius 2 is 2.05 bits per heavy atom.